The lowest BCUT2D eigenvalue weighted by atomic mass is 10.1. The van der Waals surface area contributed by atoms with Gasteiger partial charge in [0.25, 0.3) is 0 Å². The van der Waals surface area contributed by atoms with Crippen LogP contribution in [0.4, 0.5) is 17.1 Å². The Balaban J connectivity index is 1.62. The standard InChI is InChI=1S/C19H20N4OS/c1-13(24)18-17(20)16-15(7-8-21-19(16)25-18)23-11-9-22(10-12-23)14-5-3-2-4-6-14/h2-8H,9-12,20H2,1H3. The second-order valence-corrected chi connectivity index (χ2v) is 7.22. The van der Waals surface area contributed by atoms with Crippen LogP contribution >= 0.6 is 11.3 Å². The van der Waals surface area contributed by atoms with Gasteiger partial charge < -0.3 is 15.5 Å². The van der Waals surface area contributed by atoms with Crippen LogP contribution in [0.3, 0.4) is 0 Å². The van der Waals surface area contributed by atoms with Crippen LogP contribution in [0, 0.1) is 0 Å². The van der Waals surface area contributed by atoms with Gasteiger partial charge in [0, 0.05) is 45.0 Å². The van der Waals surface area contributed by atoms with Crippen LogP contribution in [0.1, 0.15) is 16.6 Å². The van der Waals surface area contributed by atoms with Gasteiger partial charge in [-0.3, -0.25) is 4.79 Å². The fourth-order valence-corrected chi connectivity index (χ4v) is 4.38. The number of nitrogen functional groups attached to an aromatic ring is 1. The Kier molecular flexibility index (Phi) is 4.05. The van der Waals surface area contributed by atoms with Crippen LogP contribution in [0.25, 0.3) is 10.2 Å². The molecule has 1 aliphatic heterocycles. The van der Waals surface area contributed by atoms with Crippen molar-refractivity contribution < 1.29 is 4.79 Å². The summed E-state index contributed by atoms with van der Waals surface area (Å²) in [6, 6.07) is 12.5. The first kappa shape index (κ1) is 15.9. The number of hydrogen-bond acceptors (Lipinski definition) is 6. The smallest absolute Gasteiger partial charge is 0.171 e. The van der Waals surface area contributed by atoms with E-state index in [2.05, 4.69) is 39.0 Å². The summed E-state index contributed by atoms with van der Waals surface area (Å²) in [4.78, 5) is 22.4. The molecule has 3 aromatic rings. The van der Waals surface area contributed by atoms with Gasteiger partial charge in [0.05, 0.1) is 21.6 Å². The molecule has 5 nitrogen and oxygen atoms in total. The number of rotatable bonds is 3. The number of para-hydroxylation sites is 1. The van der Waals surface area contributed by atoms with Gasteiger partial charge in [0.15, 0.2) is 5.78 Å². The summed E-state index contributed by atoms with van der Waals surface area (Å²) in [6.45, 7) is 5.30. The van der Waals surface area contributed by atoms with E-state index >= 15 is 0 Å². The highest BCUT2D eigenvalue weighted by Crippen LogP contribution is 2.39. The van der Waals surface area contributed by atoms with Crippen molar-refractivity contribution in [2.75, 3.05) is 41.7 Å². The van der Waals surface area contributed by atoms with Gasteiger partial charge in [-0.15, -0.1) is 11.3 Å². The van der Waals surface area contributed by atoms with Crippen molar-refractivity contribution in [1.29, 1.82) is 0 Å². The maximum atomic E-state index is 11.8. The number of anilines is 3. The molecular weight excluding hydrogens is 332 g/mol. The molecule has 128 valence electrons. The fraction of sp³-hybridized carbons (Fsp3) is 0.263. The van der Waals surface area contributed by atoms with Gasteiger partial charge in [-0.2, -0.15) is 0 Å². The largest absolute Gasteiger partial charge is 0.397 e. The number of pyridine rings is 1. The first-order chi connectivity index (χ1) is 12.1. The number of ketones is 1. The minimum absolute atomic E-state index is 0.000321. The van der Waals surface area contributed by atoms with Crippen molar-refractivity contribution in [3.8, 4) is 0 Å². The molecule has 6 heteroatoms. The Hall–Kier alpha value is -2.60. The number of thiophene rings is 1. The Morgan fingerprint density at radius 2 is 1.76 bits per heavy atom. The highest BCUT2D eigenvalue weighted by Gasteiger charge is 2.23. The van der Waals surface area contributed by atoms with E-state index in [9.17, 15) is 4.79 Å². The molecule has 1 fully saturated rings. The van der Waals surface area contributed by atoms with E-state index in [1.165, 1.54) is 17.0 Å². The molecule has 2 aromatic heterocycles. The molecule has 0 amide bonds. The van der Waals surface area contributed by atoms with E-state index < -0.39 is 0 Å². The Bertz CT molecular complexity index is 914. The number of hydrogen-bond donors (Lipinski definition) is 1. The Morgan fingerprint density at radius 3 is 2.44 bits per heavy atom. The third-order valence-corrected chi connectivity index (χ3v) is 5.88. The summed E-state index contributed by atoms with van der Waals surface area (Å²) in [6.07, 6.45) is 1.81. The number of piperazine rings is 1. The molecule has 0 unspecified atom stereocenters. The number of Topliss-reactive ketones (excluding diaryl/α,β-unsaturated/α-hetero) is 1. The Labute approximate surface area is 150 Å². The summed E-state index contributed by atoms with van der Waals surface area (Å²) in [5.41, 5.74) is 9.19. The van der Waals surface area contributed by atoms with E-state index in [-0.39, 0.29) is 5.78 Å². The zero-order valence-electron chi connectivity index (χ0n) is 14.1. The summed E-state index contributed by atoms with van der Waals surface area (Å²) >= 11 is 1.38. The molecule has 1 aromatic carbocycles. The highest BCUT2D eigenvalue weighted by molar-refractivity contribution is 7.21. The molecule has 1 aliphatic rings. The minimum Gasteiger partial charge on any atom is -0.397 e. The van der Waals surface area contributed by atoms with E-state index in [0.717, 1.165) is 42.1 Å². The number of fused-ring (bicyclic) bond motifs is 1. The van der Waals surface area contributed by atoms with E-state index in [1.54, 1.807) is 13.1 Å². The Morgan fingerprint density at radius 1 is 1.08 bits per heavy atom. The quantitative estimate of drug-likeness (QED) is 0.732. The van der Waals surface area contributed by atoms with Crippen LogP contribution in [-0.4, -0.2) is 36.9 Å². The predicted octanol–water partition coefficient (Wildman–Crippen LogP) is 3.41. The van der Waals surface area contributed by atoms with E-state index in [1.807, 2.05) is 12.1 Å². The van der Waals surface area contributed by atoms with Crippen molar-refractivity contribution in [1.82, 2.24) is 4.98 Å². The first-order valence-corrected chi connectivity index (χ1v) is 9.19. The third kappa shape index (κ3) is 2.82. The molecule has 0 atom stereocenters. The number of nitrogens with zero attached hydrogens (tertiary/aromatic N) is 3. The lowest BCUT2D eigenvalue weighted by molar-refractivity contribution is 0.102. The zero-order valence-corrected chi connectivity index (χ0v) is 14.9. The monoisotopic (exact) mass is 352 g/mol. The maximum Gasteiger partial charge on any atom is 0.171 e. The fourth-order valence-electron chi connectivity index (χ4n) is 3.40. The number of carbonyl (C=O) groups excluding carboxylic acids is 1. The second-order valence-electron chi connectivity index (χ2n) is 6.22. The van der Waals surface area contributed by atoms with Crippen LogP contribution in [0.15, 0.2) is 42.6 Å². The van der Waals surface area contributed by atoms with Crippen LogP contribution in [0.2, 0.25) is 0 Å². The lowest BCUT2D eigenvalue weighted by Gasteiger charge is -2.37. The molecule has 25 heavy (non-hydrogen) atoms. The minimum atomic E-state index is 0.000321. The van der Waals surface area contributed by atoms with Crippen LogP contribution < -0.4 is 15.5 Å². The molecule has 0 spiro atoms. The third-order valence-electron chi connectivity index (χ3n) is 4.67. The van der Waals surface area contributed by atoms with Crippen molar-refractivity contribution in [2.24, 2.45) is 0 Å². The zero-order chi connectivity index (χ0) is 17.4. The summed E-state index contributed by atoms with van der Waals surface area (Å²) in [5.74, 6) is 0.000321. The molecular formula is C19H20N4OS. The summed E-state index contributed by atoms with van der Waals surface area (Å²) in [7, 11) is 0. The molecule has 2 N–H and O–H groups in total. The van der Waals surface area contributed by atoms with E-state index in [0.29, 0.717) is 10.6 Å². The molecule has 1 saturated heterocycles. The number of aromatic nitrogens is 1. The molecule has 3 heterocycles. The normalized spacial score (nSPS) is 14.9. The van der Waals surface area contributed by atoms with Crippen molar-refractivity contribution in [2.45, 2.75) is 6.92 Å². The maximum absolute atomic E-state index is 11.8. The molecule has 0 saturated carbocycles. The second kappa shape index (κ2) is 6.37. The van der Waals surface area contributed by atoms with Gasteiger partial charge >= 0.3 is 0 Å². The highest BCUT2D eigenvalue weighted by atomic mass is 32.1. The molecule has 0 radical (unpaired) electrons. The van der Waals surface area contributed by atoms with E-state index in [4.69, 9.17) is 5.73 Å². The number of carbonyl (C=O) groups is 1. The molecule has 4 rings (SSSR count). The van der Waals surface area contributed by atoms with Crippen LogP contribution in [0.5, 0.6) is 0 Å². The summed E-state index contributed by atoms with van der Waals surface area (Å²) in [5, 5.41) is 0.922. The molecule has 0 bridgehead atoms. The predicted molar refractivity (Wildman–Crippen MR) is 105 cm³/mol. The first-order valence-electron chi connectivity index (χ1n) is 8.38. The van der Waals surface area contributed by atoms with Crippen molar-refractivity contribution >= 4 is 44.4 Å². The van der Waals surface area contributed by atoms with Crippen molar-refractivity contribution in [3.63, 3.8) is 0 Å². The van der Waals surface area contributed by atoms with Gasteiger partial charge in [-0.05, 0) is 18.2 Å². The van der Waals surface area contributed by atoms with Gasteiger partial charge in [-0.1, -0.05) is 18.2 Å². The average Bonchev–Trinajstić information content (AvgIpc) is 3.00. The lowest BCUT2D eigenvalue weighted by Crippen LogP contribution is -2.46. The topological polar surface area (TPSA) is 62.5 Å². The average molecular weight is 352 g/mol. The summed E-state index contributed by atoms with van der Waals surface area (Å²) < 4.78 is 0. The van der Waals surface area contributed by atoms with Gasteiger partial charge in [0.1, 0.15) is 4.83 Å². The van der Waals surface area contributed by atoms with Gasteiger partial charge in [-0.25, -0.2) is 4.98 Å². The van der Waals surface area contributed by atoms with Crippen molar-refractivity contribution in [3.05, 3.63) is 47.5 Å². The van der Waals surface area contributed by atoms with Gasteiger partial charge in [0.2, 0.25) is 0 Å². The number of nitrogens with two attached hydrogens (primary N) is 1. The molecule has 0 aliphatic carbocycles. The van der Waals surface area contributed by atoms with Crippen LogP contribution in [-0.2, 0) is 0 Å². The SMILES string of the molecule is CC(=O)c1sc2nccc(N3CCN(c4ccccc4)CC3)c2c1N. The number of benzene rings is 1.